The average molecular weight is 622 g/mol. The lowest BCUT2D eigenvalue weighted by atomic mass is 9.81. The van der Waals surface area contributed by atoms with Gasteiger partial charge in [-0.1, -0.05) is 13.0 Å². The lowest BCUT2D eigenvalue weighted by molar-refractivity contribution is -0.155. The zero-order chi connectivity index (χ0) is 32.7. The minimum atomic E-state index is -0.629. The summed E-state index contributed by atoms with van der Waals surface area (Å²) < 4.78 is 44.1. The molecule has 2 aliphatic rings. The van der Waals surface area contributed by atoms with Crippen molar-refractivity contribution in [3.63, 3.8) is 0 Å². The number of carbonyl (C=O) groups is 3. The van der Waals surface area contributed by atoms with Gasteiger partial charge in [0, 0.05) is 17.5 Å². The van der Waals surface area contributed by atoms with Gasteiger partial charge in [0.05, 0.1) is 38.4 Å². The van der Waals surface area contributed by atoms with E-state index in [1.54, 1.807) is 17.0 Å². The van der Waals surface area contributed by atoms with Gasteiger partial charge in [-0.05, 0) is 98.6 Å². The SMILES string of the molecule is CC(=O)COCC1(C)CCN(C(=O)OC(C)(C)C)C1COC1CCC(c2c(F)cccc2OCCC(=O)OC(C)(C)C)CC1. The number of amides is 1. The first-order valence-electron chi connectivity index (χ1n) is 15.8. The van der Waals surface area contributed by atoms with E-state index in [-0.39, 0.29) is 61.4 Å². The van der Waals surface area contributed by atoms with Crippen LogP contribution >= 0.6 is 0 Å². The standard InChI is InChI=1S/C34H52FNO8/c1-23(37)20-40-22-34(8)17-18-36(31(39)44-33(5,6)7)28(34)21-42-25-14-12-24(13-15-25)30-26(35)10-9-11-27(30)41-19-16-29(38)43-32(2,3)4/h9-11,24-25,28H,12-22H2,1-8H3. The molecular weight excluding hydrogens is 569 g/mol. The van der Waals surface area contributed by atoms with Crippen LogP contribution in [-0.4, -0.2) is 79.1 Å². The molecule has 1 saturated carbocycles. The minimum absolute atomic E-state index is 0.0301. The van der Waals surface area contributed by atoms with E-state index in [2.05, 4.69) is 6.92 Å². The van der Waals surface area contributed by atoms with Crippen molar-refractivity contribution in [2.45, 2.75) is 123 Å². The van der Waals surface area contributed by atoms with E-state index < -0.39 is 16.6 Å². The number of halogens is 1. The fraction of sp³-hybridized carbons (Fsp3) is 0.735. The maximum Gasteiger partial charge on any atom is 0.410 e. The Morgan fingerprint density at radius 2 is 1.66 bits per heavy atom. The molecule has 44 heavy (non-hydrogen) atoms. The predicted molar refractivity (Wildman–Crippen MR) is 164 cm³/mol. The summed E-state index contributed by atoms with van der Waals surface area (Å²) in [5.74, 6) is -0.307. The van der Waals surface area contributed by atoms with Crippen LogP contribution in [0.3, 0.4) is 0 Å². The highest BCUT2D eigenvalue weighted by Crippen LogP contribution is 2.42. The Bertz CT molecular complexity index is 1140. The molecule has 1 aliphatic heterocycles. The number of hydrogen-bond acceptors (Lipinski definition) is 8. The Labute approximate surface area is 262 Å². The summed E-state index contributed by atoms with van der Waals surface area (Å²) in [5.41, 5.74) is -1.06. The molecule has 1 aromatic rings. The minimum Gasteiger partial charge on any atom is -0.493 e. The molecule has 10 heteroatoms. The van der Waals surface area contributed by atoms with Crippen molar-refractivity contribution in [2.75, 3.05) is 33.0 Å². The fourth-order valence-corrected chi connectivity index (χ4v) is 5.92. The number of carbonyl (C=O) groups excluding carboxylic acids is 3. The van der Waals surface area contributed by atoms with E-state index in [1.165, 1.54) is 13.0 Å². The number of benzene rings is 1. The first kappa shape index (κ1) is 35.8. The highest BCUT2D eigenvalue weighted by molar-refractivity contribution is 5.76. The Kier molecular flexibility index (Phi) is 12.2. The zero-order valence-corrected chi connectivity index (χ0v) is 27.8. The van der Waals surface area contributed by atoms with E-state index >= 15 is 4.39 Å². The first-order valence-corrected chi connectivity index (χ1v) is 15.8. The first-order chi connectivity index (χ1) is 20.5. The smallest absolute Gasteiger partial charge is 0.410 e. The van der Waals surface area contributed by atoms with E-state index in [4.69, 9.17) is 23.7 Å². The normalized spacial score (nSPS) is 24.2. The van der Waals surface area contributed by atoms with E-state index in [1.807, 2.05) is 41.5 Å². The maximum atomic E-state index is 15.1. The molecule has 1 saturated heterocycles. The second-order valence-corrected chi connectivity index (χ2v) is 14.4. The van der Waals surface area contributed by atoms with Crippen molar-refractivity contribution < 1.29 is 42.5 Å². The number of esters is 1. The lowest BCUT2D eigenvalue weighted by Gasteiger charge is -2.37. The molecule has 1 aliphatic carbocycles. The number of likely N-dealkylation sites (tertiary alicyclic amines) is 1. The zero-order valence-electron chi connectivity index (χ0n) is 27.8. The van der Waals surface area contributed by atoms with Gasteiger partial charge in [0.25, 0.3) is 0 Å². The molecule has 248 valence electrons. The van der Waals surface area contributed by atoms with Crippen molar-refractivity contribution in [3.05, 3.63) is 29.6 Å². The Morgan fingerprint density at radius 3 is 2.27 bits per heavy atom. The monoisotopic (exact) mass is 621 g/mol. The largest absolute Gasteiger partial charge is 0.493 e. The van der Waals surface area contributed by atoms with Crippen LogP contribution in [0.15, 0.2) is 18.2 Å². The van der Waals surface area contributed by atoms with Crippen LogP contribution in [0.2, 0.25) is 0 Å². The second kappa shape index (κ2) is 15.0. The molecule has 3 rings (SSSR count). The summed E-state index contributed by atoms with van der Waals surface area (Å²) >= 11 is 0. The van der Waals surface area contributed by atoms with Gasteiger partial charge >= 0.3 is 12.1 Å². The summed E-state index contributed by atoms with van der Waals surface area (Å²) in [6.45, 7) is 15.8. The number of ketones is 1. The van der Waals surface area contributed by atoms with Crippen molar-refractivity contribution in [2.24, 2.45) is 5.41 Å². The van der Waals surface area contributed by atoms with E-state index in [0.29, 0.717) is 50.3 Å². The lowest BCUT2D eigenvalue weighted by Crippen LogP contribution is -2.48. The summed E-state index contributed by atoms with van der Waals surface area (Å²) in [6.07, 6.45) is 3.24. The van der Waals surface area contributed by atoms with E-state index in [0.717, 1.165) is 12.8 Å². The molecule has 2 fully saturated rings. The predicted octanol–water partition coefficient (Wildman–Crippen LogP) is 6.60. The third-order valence-electron chi connectivity index (χ3n) is 8.04. The fourth-order valence-electron chi connectivity index (χ4n) is 5.92. The summed E-state index contributed by atoms with van der Waals surface area (Å²) in [6, 6.07) is 4.53. The van der Waals surface area contributed by atoms with Crippen molar-refractivity contribution in [1.29, 1.82) is 0 Å². The summed E-state index contributed by atoms with van der Waals surface area (Å²) in [5, 5.41) is 0. The third-order valence-corrected chi connectivity index (χ3v) is 8.04. The molecule has 2 atom stereocenters. The molecule has 0 spiro atoms. The van der Waals surface area contributed by atoms with Crippen molar-refractivity contribution >= 4 is 17.8 Å². The summed E-state index contributed by atoms with van der Waals surface area (Å²) in [7, 11) is 0. The average Bonchev–Trinajstić information content (AvgIpc) is 3.22. The van der Waals surface area contributed by atoms with Crippen LogP contribution < -0.4 is 4.74 Å². The van der Waals surface area contributed by atoms with Gasteiger partial charge in [-0.3, -0.25) is 9.59 Å². The Morgan fingerprint density at radius 1 is 1.00 bits per heavy atom. The number of rotatable bonds is 12. The van der Waals surface area contributed by atoms with E-state index in [9.17, 15) is 14.4 Å². The quantitative estimate of drug-likeness (QED) is 0.241. The Balaban J connectivity index is 1.61. The summed E-state index contributed by atoms with van der Waals surface area (Å²) in [4.78, 5) is 38.4. The highest BCUT2D eigenvalue weighted by atomic mass is 19.1. The molecule has 0 N–H and O–H groups in total. The number of ether oxygens (including phenoxy) is 5. The van der Waals surface area contributed by atoms with Crippen LogP contribution in [0.5, 0.6) is 5.75 Å². The molecule has 2 unspecified atom stereocenters. The van der Waals surface area contributed by atoms with Crippen molar-refractivity contribution in [3.8, 4) is 5.75 Å². The second-order valence-electron chi connectivity index (χ2n) is 14.4. The Hall–Kier alpha value is -2.72. The van der Waals surface area contributed by atoms with Gasteiger partial charge < -0.3 is 28.6 Å². The van der Waals surface area contributed by atoms with Crippen LogP contribution in [0, 0.1) is 11.2 Å². The molecule has 1 amide bonds. The molecule has 9 nitrogen and oxygen atoms in total. The van der Waals surface area contributed by atoms with Crippen LogP contribution in [0.4, 0.5) is 9.18 Å². The molecule has 0 radical (unpaired) electrons. The van der Waals surface area contributed by atoms with Crippen LogP contribution in [0.1, 0.15) is 105 Å². The van der Waals surface area contributed by atoms with Gasteiger partial charge in [-0.15, -0.1) is 0 Å². The number of Topliss-reactive ketones (excluding diaryl/α,β-unsaturated/α-hetero) is 1. The van der Waals surface area contributed by atoms with Gasteiger partial charge in [-0.2, -0.15) is 0 Å². The molecule has 0 aromatic heterocycles. The third kappa shape index (κ3) is 10.7. The van der Waals surface area contributed by atoms with Crippen molar-refractivity contribution in [1.82, 2.24) is 4.90 Å². The molecule has 0 bridgehead atoms. The molecular formula is C34H52FNO8. The number of nitrogens with zero attached hydrogens (tertiary/aromatic N) is 1. The van der Waals surface area contributed by atoms with Gasteiger partial charge in [0.1, 0.15) is 29.4 Å². The van der Waals surface area contributed by atoms with Crippen LogP contribution in [-0.2, 0) is 28.5 Å². The molecule has 1 heterocycles. The number of hydrogen-bond donors (Lipinski definition) is 0. The van der Waals surface area contributed by atoms with Gasteiger partial charge in [-0.25, -0.2) is 9.18 Å². The topological polar surface area (TPSA) is 101 Å². The molecule has 1 aromatic carbocycles. The van der Waals surface area contributed by atoms with Gasteiger partial charge in [0.2, 0.25) is 0 Å². The highest BCUT2D eigenvalue weighted by Gasteiger charge is 2.48. The van der Waals surface area contributed by atoms with Gasteiger partial charge in [0.15, 0.2) is 5.78 Å². The van der Waals surface area contributed by atoms with Crippen LogP contribution in [0.25, 0.3) is 0 Å². The maximum absolute atomic E-state index is 15.1.